The number of pyridine rings is 1. The molecule has 100 valence electrons. The normalized spacial score (nSPS) is 10.5. The molecule has 2 aromatic rings. The van der Waals surface area contributed by atoms with Gasteiger partial charge in [-0.25, -0.2) is 4.98 Å². The lowest BCUT2D eigenvalue weighted by atomic mass is 10.2. The number of halogens is 1. The van der Waals surface area contributed by atoms with Crippen molar-refractivity contribution in [1.29, 1.82) is 0 Å². The second-order valence-corrected chi connectivity index (χ2v) is 5.51. The number of aryl methyl sites for hydroxylation is 2. The first-order valence-corrected chi connectivity index (χ1v) is 7.06. The molecule has 0 saturated heterocycles. The summed E-state index contributed by atoms with van der Waals surface area (Å²) in [6.45, 7) is 3.92. The maximum Gasteiger partial charge on any atom is 0.276 e. The molecule has 0 aliphatic rings. The van der Waals surface area contributed by atoms with Crippen LogP contribution in [0, 0.1) is 6.92 Å². The highest BCUT2D eigenvalue weighted by Crippen LogP contribution is 2.18. The van der Waals surface area contributed by atoms with Gasteiger partial charge in [-0.15, -0.1) is 10.2 Å². The van der Waals surface area contributed by atoms with Crippen molar-refractivity contribution in [2.24, 2.45) is 0 Å². The van der Waals surface area contributed by atoms with E-state index in [1.54, 1.807) is 12.1 Å². The van der Waals surface area contributed by atoms with E-state index >= 15 is 0 Å². The van der Waals surface area contributed by atoms with Crippen LogP contribution in [0.15, 0.2) is 12.1 Å². The highest BCUT2D eigenvalue weighted by molar-refractivity contribution is 7.15. The van der Waals surface area contributed by atoms with Gasteiger partial charge >= 0.3 is 0 Å². The van der Waals surface area contributed by atoms with E-state index in [-0.39, 0.29) is 11.6 Å². The number of carbonyl (C=O) groups excluding carboxylic acids is 1. The summed E-state index contributed by atoms with van der Waals surface area (Å²) < 4.78 is 0. The molecular weight excluding hydrogens is 284 g/mol. The van der Waals surface area contributed by atoms with Crippen molar-refractivity contribution in [3.8, 4) is 0 Å². The molecule has 0 atom stereocenters. The molecule has 1 amide bonds. The summed E-state index contributed by atoms with van der Waals surface area (Å²) in [7, 11) is 0. The number of rotatable bonds is 4. The third-order valence-corrected chi connectivity index (χ3v) is 3.41. The van der Waals surface area contributed by atoms with Gasteiger partial charge in [-0.1, -0.05) is 29.9 Å². The lowest BCUT2D eigenvalue weighted by Gasteiger charge is -2.02. The summed E-state index contributed by atoms with van der Waals surface area (Å²) in [5, 5.41) is 12.3. The van der Waals surface area contributed by atoms with Crippen molar-refractivity contribution in [3.05, 3.63) is 33.6 Å². The lowest BCUT2D eigenvalue weighted by Crippen LogP contribution is -2.13. The van der Waals surface area contributed by atoms with Crippen LogP contribution in [-0.4, -0.2) is 21.1 Å². The number of nitrogens with one attached hydrogen (secondary N) is 1. The molecule has 0 unspecified atom stereocenters. The van der Waals surface area contributed by atoms with Crippen molar-refractivity contribution in [3.63, 3.8) is 0 Å². The summed E-state index contributed by atoms with van der Waals surface area (Å²) in [4.78, 5) is 16.0. The molecule has 2 aromatic heterocycles. The van der Waals surface area contributed by atoms with Crippen LogP contribution in [0.3, 0.4) is 0 Å². The number of aromatic nitrogens is 3. The second-order valence-electron chi connectivity index (χ2n) is 4.06. The van der Waals surface area contributed by atoms with Crippen LogP contribution in [0.5, 0.6) is 0 Å². The first kappa shape index (κ1) is 13.9. The third kappa shape index (κ3) is 3.71. The lowest BCUT2D eigenvalue weighted by molar-refractivity contribution is 0.102. The molecule has 0 fully saturated rings. The average molecular weight is 297 g/mol. The van der Waals surface area contributed by atoms with Gasteiger partial charge in [0.25, 0.3) is 5.91 Å². The maximum absolute atomic E-state index is 12.0. The molecule has 2 heterocycles. The Labute approximate surface area is 120 Å². The molecule has 0 radical (unpaired) electrons. The Hall–Kier alpha value is -1.53. The minimum Gasteiger partial charge on any atom is -0.295 e. The summed E-state index contributed by atoms with van der Waals surface area (Å²) in [5.74, 6) is -0.329. The molecule has 1 N–H and O–H groups in total. The second kappa shape index (κ2) is 6.08. The first-order valence-electron chi connectivity index (χ1n) is 5.86. The van der Waals surface area contributed by atoms with Gasteiger partial charge in [0.1, 0.15) is 15.9 Å². The highest BCUT2D eigenvalue weighted by Gasteiger charge is 2.12. The zero-order chi connectivity index (χ0) is 13.8. The van der Waals surface area contributed by atoms with Gasteiger partial charge in [-0.05, 0) is 31.0 Å². The van der Waals surface area contributed by atoms with Crippen molar-refractivity contribution in [2.45, 2.75) is 26.7 Å². The highest BCUT2D eigenvalue weighted by atomic mass is 35.5. The van der Waals surface area contributed by atoms with Crippen LogP contribution in [0.1, 0.15) is 34.4 Å². The Balaban J connectivity index is 2.11. The Morgan fingerprint density at radius 2 is 2.21 bits per heavy atom. The predicted octanol–water partition coefficient (Wildman–Crippen LogP) is 3.10. The van der Waals surface area contributed by atoms with Gasteiger partial charge in [0.15, 0.2) is 0 Å². The van der Waals surface area contributed by atoms with E-state index in [4.69, 9.17) is 11.6 Å². The summed E-state index contributed by atoms with van der Waals surface area (Å²) in [5.41, 5.74) is 1.16. The van der Waals surface area contributed by atoms with Crippen LogP contribution < -0.4 is 5.32 Å². The Kier molecular flexibility index (Phi) is 4.44. The molecule has 2 rings (SSSR count). The predicted molar refractivity (Wildman–Crippen MR) is 75.8 cm³/mol. The van der Waals surface area contributed by atoms with Gasteiger partial charge in [0.2, 0.25) is 5.13 Å². The SMILES string of the molecule is CCCc1nnc(NC(=O)c2cc(C)cc(Cl)n2)s1. The van der Waals surface area contributed by atoms with Crippen molar-refractivity contribution < 1.29 is 4.79 Å². The van der Waals surface area contributed by atoms with Gasteiger partial charge < -0.3 is 0 Å². The molecule has 0 aromatic carbocycles. The van der Waals surface area contributed by atoms with E-state index in [2.05, 4.69) is 27.4 Å². The number of hydrogen-bond donors (Lipinski definition) is 1. The smallest absolute Gasteiger partial charge is 0.276 e. The number of nitrogens with zero attached hydrogens (tertiary/aromatic N) is 3. The Morgan fingerprint density at radius 1 is 1.42 bits per heavy atom. The topological polar surface area (TPSA) is 67.8 Å². The molecule has 0 bridgehead atoms. The van der Waals surface area contributed by atoms with Crippen molar-refractivity contribution in [2.75, 3.05) is 5.32 Å². The van der Waals surface area contributed by atoms with Crippen LogP contribution in [0.25, 0.3) is 0 Å². The number of amides is 1. The van der Waals surface area contributed by atoms with E-state index in [9.17, 15) is 4.79 Å². The molecule has 7 heteroatoms. The Bertz CT molecular complexity index is 579. The van der Waals surface area contributed by atoms with E-state index in [0.29, 0.717) is 10.3 Å². The van der Waals surface area contributed by atoms with Gasteiger partial charge in [0.05, 0.1) is 0 Å². The van der Waals surface area contributed by atoms with Crippen LogP contribution in [0.4, 0.5) is 5.13 Å². The number of carbonyl (C=O) groups is 1. The molecule has 0 aliphatic heterocycles. The molecule has 0 spiro atoms. The van der Waals surface area contributed by atoms with Crippen LogP contribution >= 0.6 is 22.9 Å². The number of hydrogen-bond acceptors (Lipinski definition) is 5. The van der Waals surface area contributed by atoms with Gasteiger partial charge in [-0.3, -0.25) is 10.1 Å². The quantitative estimate of drug-likeness (QED) is 0.880. The molecular formula is C12H13ClN4OS. The minimum absolute atomic E-state index is 0.275. The molecule has 5 nitrogen and oxygen atoms in total. The fraction of sp³-hybridized carbons (Fsp3) is 0.333. The zero-order valence-electron chi connectivity index (χ0n) is 10.6. The molecule has 0 aliphatic carbocycles. The first-order chi connectivity index (χ1) is 9.08. The van der Waals surface area contributed by atoms with E-state index in [0.717, 1.165) is 23.4 Å². The number of anilines is 1. The zero-order valence-corrected chi connectivity index (χ0v) is 12.2. The van der Waals surface area contributed by atoms with Crippen molar-refractivity contribution >= 4 is 34.0 Å². The van der Waals surface area contributed by atoms with Crippen LogP contribution in [0.2, 0.25) is 5.15 Å². The molecule has 0 saturated carbocycles. The van der Waals surface area contributed by atoms with Gasteiger partial charge in [-0.2, -0.15) is 0 Å². The van der Waals surface area contributed by atoms with Crippen molar-refractivity contribution in [1.82, 2.24) is 15.2 Å². The maximum atomic E-state index is 12.0. The summed E-state index contributed by atoms with van der Waals surface area (Å²) >= 11 is 7.20. The fourth-order valence-electron chi connectivity index (χ4n) is 1.52. The average Bonchev–Trinajstić information content (AvgIpc) is 2.76. The third-order valence-electron chi connectivity index (χ3n) is 2.32. The fourth-order valence-corrected chi connectivity index (χ4v) is 2.62. The largest absolute Gasteiger partial charge is 0.295 e. The molecule has 19 heavy (non-hydrogen) atoms. The standard InChI is InChI=1S/C12H13ClN4OS/c1-3-4-10-16-17-12(19-10)15-11(18)8-5-7(2)6-9(13)14-8/h5-6H,3-4H2,1-2H3,(H,15,17,18). The van der Waals surface area contributed by atoms with Crippen LogP contribution in [-0.2, 0) is 6.42 Å². The minimum atomic E-state index is -0.329. The Morgan fingerprint density at radius 3 is 2.89 bits per heavy atom. The van der Waals surface area contributed by atoms with Gasteiger partial charge in [0, 0.05) is 6.42 Å². The summed E-state index contributed by atoms with van der Waals surface area (Å²) in [6.07, 6.45) is 1.86. The monoisotopic (exact) mass is 296 g/mol. The van der Waals surface area contributed by atoms with E-state index in [1.807, 2.05) is 6.92 Å². The van der Waals surface area contributed by atoms with E-state index in [1.165, 1.54) is 11.3 Å². The summed E-state index contributed by atoms with van der Waals surface area (Å²) in [6, 6.07) is 3.37. The van der Waals surface area contributed by atoms with E-state index < -0.39 is 0 Å².